The molecular weight excluding hydrogens is 274 g/mol. The van der Waals surface area contributed by atoms with E-state index in [0.29, 0.717) is 5.92 Å². The molecule has 2 heterocycles. The average Bonchev–Trinajstić information content (AvgIpc) is 3.00. The molecule has 22 heavy (non-hydrogen) atoms. The standard InChI is InChI=1S/C18H21N3O/c1-20-14-19-12-17(20)16-8-5-11-21(13-16)18(22)10-9-15-6-3-2-4-7-15/h2-4,6-7,9-10,12,14,16H,5,8,11,13H2,1H3. The van der Waals surface area contributed by atoms with Gasteiger partial charge >= 0.3 is 0 Å². The Kier molecular flexibility index (Phi) is 4.37. The molecule has 1 aliphatic heterocycles. The van der Waals surface area contributed by atoms with E-state index in [1.807, 2.05) is 60.9 Å². The summed E-state index contributed by atoms with van der Waals surface area (Å²) in [4.78, 5) is 18.5. The third-order valence-electron chi connectivity index (χ3n) is 4.22. The minimum atomic E-state index is 0.0933. The number of likely N-dealkylation sites (tertiary alicyclic amines) is 1. The number of carbonyl (C=O) groups is 1. The zero-order valence-corrected chi connectivity index (χ0v) is 12.9. The van der Waals surface area contributed by atoms with Crippen LogP contribution in [0, 0.1) is 0 Å². The Hall–Kier alpha value is -2.36. The SMILES string of the molecule is Cn1cncc1C1CCCN(C(=O)C=Cc2ccccc2)C1. The predicted molar refractivity (Wildman–Crippen MR) is 87.2 cm³/mol. The summed E-state index contributed by atoms with van der Waals surface area (Å²) in [6.45, 7) is 1.61. The molecule has 0 radical (unpaired) electrons. The first-order valence-electron chi connectivity index (χ1n) is 7.72. The number of aromatic nitrogens is 2. The fourth-order valence-corrected chi connectivity index (χ4v) is 3.02. The van der Waals surface area contributed by atoms with E-state index in [-0.39, 0.29) is 5.91 Å². The molecule has 0 aliphatic carbocycles. The summed E-state index contributed by atoms with van der Waals surface area (Å²) in [5, 5.41) is 0. The van der Waals surface area contributed by atoms with Crippen LogP contribution in [0.2, 0.25) is 0 Å². The molecule has 2 aromatic rings. The molecule has 0 saturated carbocycles. The first-order valence-corrected chi connectivity index (χ1v) is 7.72. The number of nitrogens with zero attached hydrogens (tertiary/aromatic N) is 3. The smallest absolute Gasteiger partial charge is 0.246 e. The van der Waals surface area contributed by atoms with Crippen LogP contribution in [-0.4, -0.2) is 33.4 Å². The van der Waals surface area contributed by atoms with E-state index in [1.165, 1.54) is 5.69 Å². The van der Waals surface area contributed by atoms with Gasteiger partial charge in [0.1, 0.15) is 0 Å². The van der Waals surface area contributed by atoms with Crippen molar-refractivity contribution in [3.63, 3.8) is 0 Å². The van der Waals surface area contributed by atoms with Crippen molar-refractivity contribution in [1.29, 1.82) is 0 Å². The van der Waals surface area contributed by atoms with Crippen LogP contribution >= 0.6 is 0 Å². The number of hydrogen-bond donors (Lipinski definition) is 0. The van der Waals surface area contributed by atoms with Gasteiger partial charge in [0.25, 0.3) is 0 Å². The summed E-state index contributed by atoms with van der Waals surface area (Å²) in [6.07, 6.45) is 9.47. The third-order valence-corrected chi connectivity index (χ3v) is 4.22. The summed E-state index contributed by atoms with van der Waals surface area (Å²) < 4.78 is 2.05. The van der Waals surface area contributed by atoms with Gasteiger partial charge in [0, 0.05) is 44.0 Å². The van der Waals surface area contributed by atoms with E-state index in [4.69, 9.17) is 0 Å². The van der Waals surface area contributed by atoms with Crippen LogP contribution in [0.3, 0.4) is 0 Å². The van der Waals surface area contributed by atoms with E-state index in [0.717, 1.165) is 31.5 Å². The van der Waals surface area contributed by atoms with Gasteiger partial charge in [-0.25, -0.2) is 4.98 Å². The lowest BCUT2D eigenvalue weighted by atomic mass is 9.95. The van der Waals surface area contributed by atoms with Gasteiger partial charge in [-0.3, -0.25) is 4.79 Å². The topological polar surface area (TPSA) is 38.1 Å². The van der Waals surface area contributed by atoms with Crippen LogP contribution in [-0.2, 0) is 11.8 Å². The Labute approximate surface area is 131 Å². The highest BCUT2D eigenvalue weighted by Crippen LogP contribution is 2.26. The molecule has 1 atom stereocenters. The van der Waals surface area contributed by atoms with Crippen molar-refractivity contribution in [2.24, 2.45) is 7.05 Å². The van der Waals surface area contributed by atoms with E-state index < -0.39 is 0 Å². The molecule has 1 aliphatic rings. The summed E-state index contributed by atoms with van der Waals surface area (Å²) in [7, 11) is 2.01. The highest BCUT2D eigenvalue weighted by Gasteiger charge is 2.25. The largest absolute Gasteiger partial charge is 0.338 e. The van der Waals surface area contributed by atoms with Crippen LogP contribution in [0.5, 0.6) is 0 Å². The molecule has 1 aromatic carbocycles. The highest BCUT2D eigenvalue weighted by atomic mass is 16.2. The van der Waals surface area contributed by atoms with Crippen molar-refractivity contribution in [3.8, 4) is 0 Å². The minimum Gasteiger partial charge on any atom is -0.338 e. The van der Waals surface area contributed by atoms with Crippen molar-refractivity contribution in [2.75, 3.05) is 13.1 Å². The maximum absolute atomic E-state index is 12.4. The number of piperidine rings is 1. The van der Waals surface area contributed by atoms with Crippen molar-refractivity contribution >= 4 is 12.0 Å². The highest BCUT2D eigenvalue weighted by molar-refractivity contribution is 5.91. The monoisotopic (exact) mass is 295 g/mol. The van der Waals surface area contributed by atoms with Crippen molar-refractivity contribution in [2.45, 2.75) is 18.8 Å². The van der Waals surface area contributed by atoms with Crippen LogP contribution in [0.15, 0.2) is 48.9 Å². The molecule has 1 unspecified atom stereocenters. The molecule has 4 nitrogen and oxygen atoms in total. The zero-order valence-electron chi connectivity index (χ0n) is 12.9. The summed E-state index contributed by atoms with van der Waals surface area (Å²) >= 11 is 0. The van der Waals surface area contributed by atoms with E-state index in [2.05, 4.69) is 9.55 Å². The first kappa shape index (κ1) is 14.6. The average molecular weight is 295 g/mol. The number of aryl methyl sites for hydroxylation is 1. The lowest BCUT2D eigenvalue weighted by molar-refractivity contribution is -0.127. The van der Waals surface area contributed by atoms with Gasteiger partial charge in [-0.1, -0.05) is 30.3 Å². The minimum absolute atomic E-state index is 0.0933. The van der Waals surface area contributed by atoms with Gasteiger partial charge in [-0.2, -0.15) is 0 Å². The van der Waals surface area contributed by atoms with Gasteiger partial charge in [0.2, 0.25) is 5.91 Å². The maximum Gasteiger partial charge on any atom is 0.246 e. The van der Waals surface area contributed by atoms with Crippen molar-refractivity contribution in [3.05, 3.63) is 60.2 Å². The first-order chi connectivity index (χ1) is 10.7. The predicted octanol–water partition coefficient (Wildman–Crippen LogP) is 2.84. The molecule has 0 spiro atoms. The summed E-state index contributed by atoms with van der Waals surface area (Å²) in [5.74, 6) is 0.478. The van der Waals surface area contributed by atoms with E-state index in [9.17, 15) is 4.79 Å². The molecule has 1 fully saturated rings. The molecule has 4 heteroatoms. The van der Waals surface area contributed by atoms with Gasteiger partial charge in [-0.15, -0.1) is 0 Å². The molecule has 1 amide bonds. The Morgan fingerprint density at radius 1 is 1.32 bits per heavy atom. The third kappa shape index (κ3) is 3.27. The second-order valence-electron chi connectivity index (χ2n) is 5.80. The van der Waals surface area contributed by atoms with E-state index in [1.54, 1.807) is 6.08 Å². The Balaban J connectivity index is 1.66. The van der Waals surface area contributed by atoms with Gasteiger partial charge < -0.3 is 9.47 Å². The normalized spacial score (nSPS) is 18.8. The van der Waals surface area contributed by atoms with Crippen molar-refractivity contribution < 1.29 is 4.79 Å². The number of amides is 1. The van der Waals surface area contributed by atoms with Crippen LogP contribution in [0.4, 0.5) is 0 Å². The maximum atomic E-state index is 12.4. The second-order valence-corrected chi connectivity index (χ2v) is 5.80. The number of carbonyl (C=O) groups excluding carboxylic acids is 1. The summed E-state index contributed by atoms with van der Waals surface area (Å²) in [6, 6.07) is 9.92. The number of hydrogen-bond acceptors (Lipinski definition) is 2. The lowest BCUT2D eigenvalue weighted by Crippen LogP contribution is -2.38. The zero-order chi connectivity index (χ0) is 15.4. The molecule has 114 valence electrons. The number of imidazole rings is 1. The Bertz CT molecular complexity index is 660. The fourth-order valence-electron chi connectivity index (χ4n) is 3.02. The number of rotatable bonds is 3. The molecule has 0 bridgehead atoms. The Morgan fingerprint density at radius 2 is 2.14 bits per heavy atom. The van der Waals surface area contributed by atoms with Gasteiger partial charge in [-0.05, 0) is 24.5 Å². The fraction of sp³-hybridized carbons (Fsp3) is 0.333. The number of benzene rings is 1. The quantitative estimate of drug-likeness (QED) is 0.817. The second kappa shape index (κ2) is 6.60. The van der Waals surface area contributed by atoms with Crippen LogP contribution < -0.4 is 0 Å². The van der Waals surface area contributed by atoms with E-state index >= 15 is 0 Å². The van der Waals surface area contributed by atoms with Gasteiger partial charge in [0.15, 0.2) is 0 Å². The van der Waals surface area contributed by atoms with Crippen LogP contribution in [0.1, 0.15) is 30.0 Å². The molecule has 1 aromatic heterocycles. The van der Waals surface area contributed by atoms with Gasteiger partial charge in [0.05, 0.1) is 6.33 Å². The molecule has 1 saturated heterocycles. The van der Waals surface area contributed by atoms with Crippen LogP contribution in [0.25, 0.3) is 6.08 Å². The molecule has 3 rings (SSSR count). The Morgan fingerprint density at radius 3 is 2.86 bits per heavy atom. The summed E-state index contributed by atoms with van der Waals surface area (Å²) in [5.41, 5.74) is 2.26. The lowest BCUT2D eigenvalue weighted by Gasteiger charge is -2.32. The molecule has 0 N–H and O–H groups in total. The van der Waals surface area contributed by atoms with Crippen molar-refractivity contribution in [1.82, 2.24) is 14.5 Å². The molecular formula is C18H21N3O.